The molecule has 2 aromatic rings. The molecular weight excluding hydrogens is 217 g/mol. The zero-order valence-electron chi connectivity index (χ0n) is 9.85. The monoisotopic (exact) mass is 231 g/mol. The number of benzene rings is 1. The standard InChI is InChI=1S/C14H14FNO/c1-10(2)16-8-7-13(17)9-14(16)11-3-5-12(15)6-4-11/h3-10H,1-2H3. The van der Waals surface area contributed by atoms with Crippen molar-refractivity contribution in [3.8, 4) is 11.3 Å². The highest BCUT2D eigenvalue weighted by Gasteiger charge is 2.06. The second-order valence-corrected chi connectivity index (χ2v) is 4.26. The molecule has 0 unspecified atom stereocenters. The SMILES string of the molecule is CC(C)n1ccc(=O)cc1-c1ccc(F)cc1. The van der Waals surface area contributed by atoms with Gasteiger partial charge in [0.15, 0.2) is 5.43 Å². The van der Waals surface area contributed by atoms with Gasteiger partial charge in [-0.3, -0.25) is 4.79 Å². The molecule has 0 bridgehead atoms. The number of nitrogens with zero attached hydrogens (tertiary/aromatic N) is 1. The van der Waals surface area contributed by atoms with E-state index in [0.29, 0.717) is 0 Å². The average molecular weight is 231 g/mol. The second kappa shape index (κ2) is 4.53. The molecule has 0 amide bonds. The third-order valence-corrected chi connectivity index (χ3v) is 2.65. The Morgan fingerprint density at radius 2 is 1.76 bits per heavy atom. The lowest BCUT2D eigenvalue weighted by Gasteiger charge is -2.16. The maximum absolute atomic E-state index is 12.9. The van der Waals surface area contributed by atoms with E-state index in [1.165, 1.54) is 18.2 Å². The van der Waals surface area contributed by atoms with Gasteiger partial charge in [0.1, 0.15) is 5.82 Å². The predicted molar refractivity (Wildman–Crippen MR) is 66.5 cm³/mol. The largest absolute Gasteiger partial charge is 0.345 e. The minimum absolute atomic E-state index is 0.0405. The van der Waals surface area contributed by atoms with E-state index in [-0.39, 0.29) is 17.3 Å². The molecule has 17 heavy (non-hydrogen) atoms. The first-order valence-corrected chi connectivity index (χ1v) is 5.56. The van der Waals surface area contributed by atoms with E-state index in [1.807, 2.05) is 18.4 Å². The van der Waals surface area contributed by atoms with Crippen LogP contribution in [-0.4, -0.2) is 4.57 Å². The van der Waals surface area contributed by atoms with Crippen LogP contribution in [0.4, 0.5) is 4.39 Å². The normalized spacial score (nSPS) is 10.8. The van der Waals surface area contributed by atoms with Crippen molar-refractivity contribution >= 4 is 0 Å². The zero-order chi connectivity index (χ0) is 12.4. The lowest BCUT2D eigenvalue weighted by Crippen LogP contribution is -2.10. The van der Waals surface area contributed by atoms with Gasteiger partial charge in [-0.15, -0.1) is 0 Å². The minimum atomic E-state index is -0.275. The van der Waals surface area contributed by atoms with Crippen molar-refractivity contribution in [2.45, 2.75) is 19.9 Å². The minimum Gasteiger partial charge on any atom is -0.345 e. The molecule has 1 aromatic carbocycles. The molecule has 1 aromatic heterocycles. The topological polar surface area (TPSA) is 22.0 Å². The van der Waals surface area contributed by atoms with E-state index in [0.717, 1.165) is 11.3 Å². The van der Waals surface area contributed by atoms with E-state index in [4.69, 9.17) is 0 Å². The summed E-state index contributed by atoms with van der Waals surface area (Å²) in [5.41, 5.74) is 1.62. The van der Waals surface area contributed by atoms with Gasteiger partial charge in [-0.25, -0.2) is 4.39 Å². The van der Waals surface area contributed by atoms with Crippen LogP contribution < -0.4 is 5.43 Å². The van der Waals surface area contributed by atoms with Crippen molar-refractivity contribution < 1.29 is 4.39 Å². The number of hydrogen-bond donors (Lipinski definition) is 0. The Morgan fingerprint density at radius 1 is 1.12 bits per heavy atom. The first kappa shape index (κ1) is 11.6. The van der Waals surface area contributed by atoms with Gasteiger partial charge < -0.3 is 4.57 Å². The molecule has 2 rings (SSSR count). The van der Waals surface area contributed by atoms with Crippen LogP contribution in [0.5, 0.6) is 0 Å². The number of hydrogen-bond acceptors (Lipinski definition) is 1. The molecule has 2 nitrogen and oxygen atoms in total. The molecule has 0 aliphatic carbocycles. The maximum atomic E-state index is 12.9. The number of halogens is 1. The second-order valence-electron chi connectivity index (χ2n) is 4.26. The first-order chi connectivity index (χ1) is 8.08. The fraction of sp³-hybridized carbons (Fsp3) is 0.214. The van der Waals surface area contributed by atoms with Crippen LogP contribution in [0.3, 0.4) is 0 Å². The van der Waals surface area contributed by atoms with E-state index >= 15 is 0 Å². The Labute approximate surface area is 99.3 Å². The fourth-order valence-corrected chi connectivity index (χ4v) is 1.79. The van der Waals surface area contributed by atoms with Crippen LogP contribution in [0.1, 0.15) is 19.9 Å². The third kappa shape index (κ3) is 2.44. The van der Waals surface area contributed by atoms with Gasteiger partial charge in [-0.05, 0) is 43.7 Å². The molecule has 0 atom stereocenters. The summed E-state index contributed by atoms with van der Waals surface area (Å²) in [7, 11) is 0. The van der Waals surface area contributed by atoms with Crippen LogP contribution in [-0.2, 0) is 0 Å². The quantitative estimate of drug-likeness (QED) is 0.777. The Bertz CT molecular complexity index is 570. The lowest BCUT2D eigenvalue weighted by atomic mass is 10.1. The van der Waals surface area contributed by atoms with Crippen molar-refractivity contribution in [3.05, 3.63) is 58.6 Å². The smallest absolute Gasteiger partial charge is 0.182 e. The number of aromatic nitrogens is 1. The zero-order valence-corrected chi connectivity index (χ0v) is 9.85. The Balaban J connectivity index is 2.60. The summed E-state index contributed by atoms with van der Waals surface area (Å²) in [6.07, 6.45) is 1.77. The predicted octanol–water partition coefficient (Wildman–Crippen LogP) is 3.24. The highest BCUT2D eigenvalue weighted by Crippen LogP contribution is 2.21. The van der Waals surface area contributed by atoms with Crippen molar-refractivity contribution in [1.82, 2.24) is 4.57 Å². The maximum Gasteiger partial charge on any atom is 0.182 e. The molecule has 88 valence electrons. The third-order valence-electron chi connectivity index (χ3n) is 2.65. The summed E-state index contributed by atoms with van der Waals surface area (Å²) < 4.78 is 14.9. The van der Waals surface area contributed by atoms with Crippen LogP contribution in [0.2, 0.25) is 0 Å². The van der Waals surface area contributed by atoms with Crippen LogP contribution >= 0.6 is 0 Å². The number of pyridine rings is 1. The van der Waals surface area contributed by atoms with Gasteiger partial charge in [-0.2, -0.15) is 0 Å². The van der Waals surface area contributed by atoms with Crippen LogP contribution in [0.25, 0.3) is 11.3 Å². The van der Waals surface area contributed by atoms with E-state index in [9.17, 15) is 9.18 Å². The van der Waals surface area contributed by atoms with Gasteiger partial charge in [0, 0.05) is 24.4 Å². The summed E-state index contributed by atoms with van der Waals surface area (Å²) >= 11 is 0. The van der Waals surface area contributed by atoms with E-state index < -0.39 is 0 Å². The van der Waals surface area contributed by atoms with E-state index in [1.54, 1.807) is 24.4 Å². The summed E-state index contributed by atoms with van der Waals surface area (Å²) in [4.78, 5) is 11.4. The molecule has 1 heterocycles. The van der Waals surface area contributed by atoms with Crippen LogP contribution in [0.15, 0.2) is 47.4 Å². The molecule has 0 aliphatic rings. The molecule has 0 fully saturated rings. The first-order valence-electron chi connectivity index (χ1n) is 5.56. The highest BCUT2D eigenvalue weighted by atomic mass is 19.1. The molecule has 0 aliphatic heterocycles. The highest BCUT2D eigenvalue weighted by molar-refractivity contribution is 5.59. The van der Waals surface area contributed by atoms with Crippen molar-refractivity contribution in [2.24, 2.45) is 0 Å². The Kier molecular flexibility index (Phi) is 3.09. The number of rotatable bonds is 2. The summed E-state index contributed by atoms with van der Waals surface area (Å²) in [5, 5.41) is 0. The van der Waals surface area contributed by atoms with Gasteiger partial charge in [0.05, 0.1) is 5.69 Å². The van der Waals surface area contributed by atoms with E-state index in [2.05, 4.69) is 0 Å². The van der Waals surface area contributed by atoms with Gasteiger partial charge in [0.2, 0.25) is 0 Å². The van der Waals surface area contributed by atoms with Gasteiger partial charge in [0.25, 0.3) is 0 Å². The molecule has 0 N–H and O–H groups in total. The molecule has 0 saturated carbocycles. The average Bonchev–Trinajstić information content (AvgIpc) is 2.29. The van der Waals surface area contributed by atoms with Crippen molar-refractivity contribution in [2.75, 3.05) is 0 Å². The molecule has 3 heteroatoms. The van der Waals surface area contributed by atoms with Gasteiger partial charge in [-0.1, -0.05) is 0 Å². The summed E-state index contributed by atoms with van der Waals surface area (Å²) in [6, 6.07) is 9.52. The summed E-state index contributed by atoms with van der Waals surface area (Å²) in [5.74, 6) is -0.275. The molecular formula is C14H14FNO. The lowest BCUT2D eigenvalue weighted by molar-refractivity contribution is 0.601. The fourth-order valence-electron chi connectivity index (χ4n) is 1.79. The van der Waals surface area contributed by atoms with Crippen LogP contribution in [0, 0.1) is 5.82 Å². The van der Waals surface area contributed by atoms with Crippen molar-refractivity contribution in [1.29, 1.82) is 0 Å². The molecule has 0 saturated heterocycles. The molecule has 0 spiro atoms. The van der Waals surface area contributed by atoms with Crippen molar-refractivity contribution in [3.63, 3.8) is 0 Å². The molecule has 0 radical (unpaired) electrons. The Morgan fingerprint density at radius 3 is 2.35 bits per heavy atom. The summed E-state index contributed by atoms with van der Waals surface area (Å²) in [6.45, 7) is 4.08. The van der Waals surface area contributed by atoms with Gasteiger partial charge >= 0.3 is 0 Å². The Hall–Kier alpha value is -1.90.